The summed E-state index contributed by atoms with van der Waals surface area (Å²) >= 11 is 9.58. The molecule has 1 saturated heterocycles. The number of likely N-dealkylation sites (N-methyl/N-ethyl adjacent to an activating group) is 1. The largest absolute Gasteiger partial charge is 0.486 e. The number of amides is 1. The van der Waals surface area contributed by atoms with Crippen molar-refractivity contribution in [1.82, 2.24) is 14.8 Å². The average Bonchev–Trinajstić information content (AvgIpc) is 3.67. The fourth-order valence-electron chi connectivity index (χ4n) is 4.69. The van der Waals surface area contributed by atoms with Crippen molar-refractivity contribution in [1.29, 1.82) is 0 Å². The Labute approximate surface area is 241 Å². The van der Waals surface area contributed by atoms with Crippen molar-refractivity contribution in [2.75, 3.05) is 39.5 Å². The van der Waals surface area contributed by atoms with E-state index < -0.39 is 0 Å². The first-order valence-corrected chi connectivity index (χ1v) is 14.8. The van der Waals surface area contributed by atoms with Crippen molar-refractivity contribution < 1.29 is 9.53 Å². The van der Waals surface area contributed by atoms with E-state index in [-0.39, 0.29) is 5.91 Å². The van der Waals surface area contributed by atoms with Gasteiger partial charge in [0.05, 0.1) is 33.9 Å². The second-order valence-corrected chi connectivity index (χ2v) is 11.9. The smallest absolute Gasteiger partial charge is 0.227 e. The molecular weight excluding hydrogens is 552 g/mol. The van der Waals surface area contributed by atoms with Gasteiger partial charge in [0, 0.05) is 41.6 Å². The minimum atomic E-state index is 0.168. The Balaban J connectivity index is 1.33. The van der Waals surface area contributed by atoms with E-state index in [0.717, 1.165) is 51.4 Å². The number of halogens is 1. The van der Waals surface area contributed by atoms with E-state index in [1.54, 1.807) is 29.0 Å². The lowest BCUT2D eigenvalue weighted by atomic mass is 10.1. The number of rotatable bonds is 9. The Morgan fingerprint density at radius 3 is 2.85 bits per heavy atom. The van der Waals surface area contributed by atoms with Crippen LogP contribution in [0.15, 0.2) is 52.3 Å². The second-order valence-electron chi connectivity index (χ2n) is 9.69. The number of nitrogens with two attached hydrogens (primary N) is 1. The number of hydrogen-bond acceptors (Lipinski definition) is 8. The highest BCUT2D eigenvalue weighted by molar-refractivity contribution is 7.23. The number of benzene rings is 2. The molecule has 0 radical (unpaired) electrons. The van der Waals surface area contributed by atoms with Gasteiger partial charge in [0.15, 0.2) is 0 Å². The van der Waals surface area contributed by atoms with Gasteiger partial charge >= 0.3 is 0 Å². The molecule has 0 unspecified atom stereocenters. The van der Waals surface area contributed by atoms with Crippen LogP contribution in [0.25, 0.3) is 10.1 Å². The van der Waals surface area contributed by atoms with Gasteiger partial charge in [0.25, 0.3) is 0 Å². The van der Waals surface area contributed by atoms with Crippen LogP contribution < -0.4 is 15.8 Å². The van der Waals surface area contributed by atoms with E-state index in [1.807, 2.05) is 35.5 Å². The predicted molar refractivity (Wildman–Crippen MR) is 162 cm³/mol. The number of fused-ring (bicyclic) bond motifs is 1. The Hall–Kier alpha value is -3.18. The molecule has 1 amide bonds. The number of carbonyl (C=O) groups excluding carboxylic acids is 1. The van der Waals surface area contributed by atoms with Crippen LogP contribution in [0.4, 0.5) is 10.7 Å². The fraction of sp³-hybridized carbons (Fsp3) is 0.321. The number of aromatic nitrogens is 1. The van der Waals surface area contributed by atoms with Gasteiger partial charge < -0.3 is 25.6 Å². The Kier molecular flexibility index (Phi) is 8.37. The predicted octanol–water partition coefficient (Wildman–Crippen LogP) is 5.37. The highest BCUT2D eigenvalue weighted by Crippen LogP contribution is 2.37. The summed E-state index contributed by atoms with van der Waals surface area (Å²) in [6, 6.07) is 11.9. The van der Waals surface area contributed by atoms with Gasteiger partial charge in [-0.1, -0.05) is 23.7 Å². The average molecular weight is 583 g/mol. The molecule has 0 saturated carbocycles. The van der Waals surface area contributed by atoms with Crippen molar-refractivity contribution in [3.63, 3.8) is 0 Å². The maximum atomic E-state index is 12.9. The molecule has 0 spiro atoms. The van der Waals surface area contributed by atoms with Gasteiger partial charge in [-0.15, -0.1) is 22.7 Å². The second kappa shape index (κ2) is 11.9. The SMILES string of the molecule is CNc1sc2cc(CC(=O)N3CC[C@H](N(C)C)C3)ccc2c1C(N)=Nc1ccc(OCc2cscn2)c(Cl)c1. The highest BCUT2D eigenvalue weighted by atomic mass is 35.5. The van der Waals surface area contributed by atoms with Gasteiger partial charge in [0.2, 0.25) is 5.91 Å². The minimum absolute atomic E-state index is 0.168. The highest BCUT2D eigenvalue weighted by Gasteiger charge is 2.27. The molecule has 4 aromatic rings. The van der Waals surface area contributed by atoms with Gasteiger partial charge in [0.1, 0.15) is 23.2 Å². The Morgan fingerprint density at radius 1 is 1.31 bits per heavy atom. The molecule has 1 aliphatic heterocycles. The Morgan fingerprint density at radius 2 is 2.15 bits per heavy atom. The van der Waals surface area contributed by atoms with Crippen molar-refractivity contribution in [2.45, 2.75) is 25.5 Å². The van der Waals surface area contributed by atoms with Crippen LogP contribution in [-0.2, 0) is 17.8 Å². The lowest BCUT2D eigenvalue weighted by Gasteiger charge is -2.20. The summed E-state index contributed by atoms with van der Waals surface area (Å²) in [6.45, 7) is 1.95. The number of nitrogens with zero attached hydrogens (tertiary/aromatic N) is 4. The normalized spacial score (nSPS) is 15.9. The molecule has 1 atom stereocenters. The zero-order chi connectivity index (χ0) is 27.5. The van der Waals surface area contributed by atoms with Crippen LogP contribution in [0.5, 0.6) is 5.75 Å². The summed E-state index contributed by atoms with van der Waals surface area (Å²) in [5.74, 6) is 1.11. The first-order valence-electron chi connectivity index (χ1n) is 12.6. The van der Waals surface area contributed by atoms with E-state index in [2.05, 4.69) is 40.4 Å². The standard InChI is InChI=1S/C28H31ClN6O2S2/c1-31-28-26(27(30)33-18-5-7-23(22(29)12-18)37-14-19-15-38-16-32-19)21-6-4-17(10-24(21)39-28)11-25(36)35-9-8-20(13-35)34(2)3/h4-7,10,12,15-16,20,31H,8-9,11,13-14H2,1-3H3,(H2,30,33)/t20-/m0/s1. The monoisotopic (exact) mass is 582 g/mol. The molecule has 0 bridgehead atoms. The quantitative estimate of drug-likeness (QED) is 0.203. The molecule has 3 heterocycles. The molecule has 39 heavy (non-hydrogen) atoms. The molecule has 5 rings (SSSR count). The summed E-state index contributed by atoms with van der Waals surface area (Å²) in [7, 11) is 6.00. The maximum absolute atomic E-state index is 12.9. The molecular formula is C28H31ClN6O2S2. The number of thiophene rings is 1. The number of anilines is 1. The maximum Gasteiger partial charge on any atom is 0.227 e. The fourth-order valence-corrected chi connectivity index (χ4v) is 6.59. The summed E-state index contributed by atoms with van der Waals surface area (Å²) in [5, 5.41) is 7.54. The van der Waals surface area contributed by atoms with Crippen LogP contribution in [0.1, 0.15) is 23.2 Å². The van der Waals surface area contributed by atoms with E-state index in [0.29, 0.717) is 41.4 Å². The third kappa shape index (κ3) is 6.19. The van der Waals surface area contributed by atoms with Crippen molar-refractivity contribution in [3.8, 4) is 5.75 Å². The number of ether oxygens (including phenoxy) is 1. The molecule has 1 fully saturated rings. The van der Waals surface area contributed by atoms with Gasteiger partial charge in [-0.2, -0.15) is 0 Å². The summed E-state index contributed by atoms with van der Waals surface area (Å²) < 4.78 is 6.84. The molecule has 2 aromatic carbocycles. The summed E-state index contributed by atoms with van der Waals surface area (Å²) in [4.78, 5) is 26.0. The number of hydrogen-bond donors (Lipinski definition) is 2. The van der Waals surface area contributed by atoms with Gasteiger partial charge in [-0.05, 0) is 50.3 Å². The molecule has 1 aliphatic rings. The van der Waals surface area contributed by atoms with Gasteiger partial charge in [-0.3, -0.25) is 4.79 Å². The van der Waals surface area contributed by atoms with Crippen LogP contribution >= 0.6 is 34.3 Å². The van der Waals surface area contributed by atoms with E-state index in [1.165, 1.54) is 11.3 Å². The van der Waals surface area contributed by atoms with Gasteiger partial charge in [-0.25, -0.2) is 9.98 Å². The zero-order valence-corrected chi connectivity index (χ0v) is 24.5. The Bertz CT molecular complexity index is 1500. The lowest BCUT2D eigenvalue weighted by Crippen LogP contribution is -2.35. The number of carbonyl (C=O) groups is 1. The first kappa shape index (κ1) is 27.4. The number of thiazole rings is 1. The number of nitrogens with one attached hydrogen (secondary N) is 1. The number of likely N-dealkylation sites (tertiary alicyclic amines) is 1. The van der Waals surface area contributed by atoms with Crippen LogP contribution in [0.3, 0.4) is 0 Å². The third-order valence-electron chi connectivity index (χ3n) is 6.86. The molecule has 2 aromatic heterocycles. The third-order valence-corrected chi connectivity index (χ3v) is 8.96. The zero-order valence-electron chi connectivity index (χ0n) is 22.1. The van der Waals surface area contributed by atoms with E-state index >= 15 is 0 Å². The molecule has 0 aliphatic carbocycles. The summed E-state index contributed by atoms with van der Waals surface area (Å²) in [5.41, 5.74) is 11.6. The minimum Gasteiger partial charge on any atom is -0.486 e. The molecule has 8 nitrogen and oxygen atoms in total. The number of aliphatic imine (C=N–C) groups is 1. The van der Waals surface area contributed by atoms with E-state index in [9.17, 15) is 4.79 Å². The summed E-state index contributed by atoms with van der Waals surface area (Å²) in [6.07, 6.45) is 1.40. The van der Waals surface area contributed by atoms with Crippen LogP contribution in [0.2, 0.25) is 5.02 Å². The molecule has 3 N–H and O–H groups in total. The lowest BCUT2D eigenvalue weighted by molar-refractivity contribution is -0.129. The van der Waals surface area contributed by atoms with E-state index in [4.69, 9.17) is 22.1 Å². The van der Waals surface area contributed by atoms with Crippen LogP contribution in [-0.4, -0.2) is 66.8 Å². The van der Waals surface area contributed by atoms with Crippen molar-refractivity contribution in [3.05, 3.63) is 69.1 Å². The molecule has 204 valence electrons. The molecule has 11 heteroatoms. The van der Waals surface area contributed by atoms with Crippen LogP contribution in [0, 0.1) is 0 Å². The van der Waals surface area contributed by atoms with Crippen molar-refractivity contribution in [2.24, 2.45) is 10.7 Å². The topological polar surface area (TPSA) is 96.1 Å². The first-order chi connectivity index (χ1) is 18.8. The van der Waals surface area contributed by atoms with Crippen molar-refractivity contribution >= 4 is 66.8 Å². The number of amidine groups is 1.